The molecule has 0 aromatic carbocycles. The number of hydrogen-bond acceptors (Lipinski definition) is 6. The van der Waals surface area contributed by atoms with E-state index in [2.05, 4.69) is 15.0 Å². The van der Waals surface area contributed by atoms with Crippen molar-refractivity contribution in [2.45, 2.75) is 24.7 Å². The standard InChI is InChI=1S/C11H20N4O4S2/c1-2-5-14-10-4-7-13-9-11(10)21(18,19)15-6-3-8-20(12,16)17/h4,7,9,15H,2-3,5-6,8H2,1H3,(H,13,14)(H2,12,16,17). The number of aromatic nitrogens is 1. The molecule has 1 aromatic rings. The van der Waals surface area contributed by atoms with Crippen molar-refractivity contribution in [3.05, 3.63) is 18.5 Å². The van der Waals surface area contributed by atoms with Crippen LogP contribution in [0.2, 0.25) is 0 Å². The van der Waals surface area contributed by atoms with Crippen LogP contribution in [0.25, 0.3) is 0 Å². The number of sulfonamides is 2. The lowest BCUT2D eigenvalue weighted by atomic mass is 10.4. The van der Waals surface area contributed by atoms with Gasteiger partial charge in [0.15, 0.2) is 0 Å². The van der Waals surface area contributed by atoms with Crippen LogP contribution in [0.3, 0.4) is 0 Å². The summed E-state index contributed by atoms with van der Waals surface area (Å²) in [6.45, 7) is 2.59. The minimum atomic E-state index is -3.75. The van der Waals surface area contributed by atoms with E-state index in [0.29, 0.717) is 12.2 Å². The van der Waals surface area contributed by atoms with Crippen LogP contribution in [-0.4, -0.2) is 40.7 Å². The van der Waals surface area contributed by atoms with Gasteiger partial charge in [-0.3, -0.25) is 4.98 Å². The van der Waals surface area contributed by atoms with Crippen molar-refractivity contribution in [2.75, 3.05) is 24.2 Å². The molecule has 0 bridgehead atoms. The van der Waals surface area contributed by atoms with Crippen molar-refractivity contribution in [2.24, 2.45) is 5.14 Å². The number of hydrogen-bond donors (Lipinski definition) is 3. The van der Waals surface area contributed by atoms with Gasteiger partial charge in [-0.25, -0.2) is 26.7 Å². The molecule has 10 heteroatoms. The van der Waals surface area contributed by atoms with Crippen molar-refractivity contribution >= 4 is 25.7 Å². The maximum atomic E-state index is 12.2. The van der Waals surface area contributed by atoms with Gasteiger partial charge in [-0.05, 0) is 18.9 Å². The summed E-state index contributed by atoms with van der Waals surface area (Å²) in [5.41, 5.74) is 0.464. The van der Waals surface area contributed by atoms with Crippen molar-refractivity contribution < 1.29 is 16.8 Å². The highest BCUT2D eigenvalue weighted by Crippen LogP contribution is 2.19. The summed E-state index contributed by atoms with van der Waals surface area (Å²) >= 11 is 0. The van der Waals surface area contributed by atoms with Crippen LogP contribution in [0.5, 0.6) is 0 Å². The molecule has 0 atom stereocenters. The summed E-state index contributed by atoms with van der Waals surface area (Å²) < 4.78 is 48.2. The minimum Gasteiger partial charge on any atom is -0.384 e. The first-order valence-corrected chi connectivity index (χ1v) is 9.64. The van der Waals surface area contributed by atoms with E-state index in [1.165, 1.54) is 12.4 Å². The normalized spacial score (nSPS) is 12.3. The molecule has 0 spiro atoms. The summed E-state index contributed by atoms with van der Waals surface area (Å²) in [5.74, 6) is -0.274. The van der Waals surface area contributed by atoms with Crippen LogP contribution in [0.4, 0.5) is 5.69 Å². The van der Waals surface area contributed by atoms with Gasteiger partial charge < -0.3 is 5.32 Å². The molecule has 0 fully saturated rings. The third kappa shape index (κ3) is 6.38. The van der Waals surface area contributed by atoms with Gasteiger partial charge >= 0.3 is 0 Å². The average Bonchev–Trinajstić information content (AvgIpc) is 2.41. The Morgan fingerprint density at radius 2 is 1.95 bits per heavy atom. The third-order valence-electron chi connectivity index (χ3n) is 2.54. The smallest absolute Gasteiger partial charge is 0.244 e. The van der Waals surface area contributed by atoms with Gasteiger partial charge in [0.25, 0.3) is 0 Å². The van der Waals surface area contributed by atoms with Crippen LogP contribution in [-0.2, 0) is 20.0 Å². The summed E-state index contributed by atoms with van der Waals surface area (Å²) in [7, 11) is -7.34. The van der Waals surface area contributed by atoms with Crippen LogP contribution in [0, 0.1) is 0 Å². The molecule has 0 aliphatic rings. The fourth-order valence-corrected chi connectivity index (χ4v) is 3.30. The Hall–Kier alpha value is -1.23. The molecule has 0 saturated carbocycles. The van der Waals surface area contributed by atoms with E-state index in [1.807, 2.05) is 6.92 Å². The second-order valence-electron chi connectivity index (χ2n) is 4.42. The minimum absolute atomic E-state index is 0.0130. The highest BCUT2D eigenvalue weighted by atomic mass is 32.2. The maximum absolute atomic E-state index is 12.2. The predicted molar refractivity (Wildman–Crippen MR) is 80.8 cm³/mol. The first-order chi connectivity index (χ1) is 9.76. The molecule has 1 rings (SSSR count). The monoisotopic (exact) mass is 336 g/mol. The van der Waals surface area contributed by atoms with Gasteiger partial charge in [0.1, 0.15) is 4.90 Å². The van der Waals surface area contributed by atoms with E-state index in [-0.39, 0.29) is 23.6 Å². The zero-order valence-corrected chi connectivity index (χ0v) is 13.4. The lowest BCUT2D eigenvalue weighted by molar-refractivity contribution is 0.576. The molecular weight excluding hydrogens is 316 g/mol. The van der Waals surface area contributed by atoms with Gasteiger partial charge in [0, 0.05) is 25.5 Å². The van der Waals surface area contributed by atoms with Crippen LogP contribution < -0.4 is 15.2 Å². The van der Waals surface area contributed by atoms with Gasteiger partial charge in [-0.2, -0.15) is 0 Å². The third-order valence-corrected chi connectivity index (χ3v) is 4.88. The first-order valence-electron chi connectivity index (χ1n) is 6.44. The molecule has 0 radical (unpaired) electrons. The summed E-state index contributed by atoms with van der Waals surface area (Å²) in [6, 6.07) is 1.58. The zero-order chi connectivity index (χ0) is 15.9. The first kappa shape index (κ1) is 17.8. The van der Waals surface area contributed by atoms with Crippen molar-refractivity contribution in [1.82, 2.24) is 9.71 Å². The molecule has 0 unspecified atom stereocenters. The second kappa shape index (κ2) is 7.69. The largest absolute Gasteiger partial charge is 0.384 e. The van der Waals surface area contributed by atoms with Gasteiger partial charge in [-0.15, -0.1) is 0 Å². The highest BCUT2D eigenvalue weighted by molar-refractivity contribution is 7.89. The van der Waals surface area contributed by atoms with Crippen molar-refractivity contribution in [3.8, 4) is 0 Å². The number of nitrogens with one attached hydrogen (secondary N) is 2. The van der Waals surface area contributed by atoms with E-state index in [4.69, 9.17) is 5.14 Å². The molecule has 8 nitrogen and oxygen atoms in total. The number of nitrogens with two attached hydrogens (primary N) is 1. The fraction of sp³-hybridized carbons (Fsp3) is 0.545. The Kier molecular flexibility index (Phi) is 6.52. The van der Waals surface area contributed by atoms with Crippen molar-refractivity contribution in [1.29, 1.82) is 0 Å². The Labute approximate surface area is 125 Å². The van der Waals surface area contributed by atoms with E-state index in [0.717, 1.165) is 6.42 Å². The van der Waals surface area contributed by atoms with Crippen LogP contribution >= 0.6 is 0 Å². The highest BCUT2D eigenvalue weighted by Gasteiger charge is 2.18. The number of anilines is 1. The molecule has 1 heterocycles. The summed E-state index contributed by atoms with van der Waals surface area (Å²) in [6.07, 6.45) is 3.71. The van der Waals surface area contributed by atoms with Crippen molar-refractivity contribution in [3.63, 3.8) is 0 Å². The quantitative estimate of drug-likeness (QED) is 0.538. The molecule has 0 amide bonds. The topological polar surface area (TPSA) is 131 Å². The SMILES string of the molecule is CCCNc1ccncc1S(=O)(=O)NCCCS(N)(=O)=O. The number of rotatable bonds is 9. The van der Waals surface area contributed by atoms with E-state index in [9.17, 15) is 16.8 Å². The van der Waals surface area contributed by atoms with E-state index < -0.39 is 20.0 Å². The molecule has 21 heavy (non-hydrogen) atoms. The second-order valence-corrected chi connectivity index (χ2v) is 7.89. The Bertz CT molecular complexity index is 659. The van der Waals surface area contributed by atoms with Crippen LogP contribution in [0.1, 0.15) is 19.8 Å². The molecule has 0 aliphatic carbocycles. The summed E-state index contributed by atoms with van der Waals surface area (Å²) in [4.78, 5) is 3.85. The number of nitrogens with zero attached hydrogens (tertiary/aromatic N) is 1. The molecule has 0 saturated heterocycles. The predicted octanol–water partition coefficient (Wildman–Crippen LogP) is -0.140. The molecule has 4 N–H and O–H groups in total. The van der Waals surface area contributed by atoms with Crippen LogP contribution in [0.15, 0.2) is 23.4 Å². The van der Waals surface area contributed by atoms with Gasteiger partial charge in [-0.1, -0.05) is 6.92 Å². The Morgan fingerprint density at radius 3 is 2.57 bits per heavy atom. The summed E-state index contributed by atoms with van der Waals surface area (Å²) in [5, 5.41) is 7.86. The molecule has 120 valence electrons. The maximum Gasteiger partial charge on any atom is 0.244 e. The van der Waals surface area contributed by atoms with E-state index >= 15 is 0 Å². The molecule has 0 aliphatic heterocycles. The lowest BCUT2D eigenvalue weighted by Crippen LogP contribution is -2.28. The Balaban J connectivity index is 2.74. The van der Waals surface area contributed by atoms with E-state index in [1.54, 1.807) is 6.07 Å². The van der Waals surface area contributed by atoms with Gasteiger partial charge in [0.2, 0.25) is 20.0 Å². The molecular formula is C11H20N4O4S2. The lowest BCUT2D eigenvalue weighted by Gasteiger charge is -2.12. The van der Waals surface area contributed by atoms with Gasteiger partial charge in [0.05, 0.1) is 11.4 Å². The number of primary sulfonamides is 1. The average molecular weight is 336 g/mol. The Morgan fingerprint density at radius 1 is 1.24 bits per heavy atom. The number of pyridine rings is 1. The zero-order valence-electron chi connectivity index (χ0n) is 11.7. The fourth-order valence-electron chi connectivity index (χ4n) is 1.56. The molecule has 1 aromatic heterocycles.